The number of nitro benzene ring substituents is 1. The van der Waals surface area contributed by atoms with Gasteiger partial charge in [0.2, 0.25) is 0 Å². The fourth-order valence-electron chi connectivity index (χ4n) is 2.61. The van der Waals surface area contributed by atoms with Crippen molar-refractivity contribution in [3.63, 3.8) is 0 Å². The molecule has 0 atom stereocenters. The van der Waals surface area contributed by atoms with Gasteiger partial charge >= 0.3 is 0 Å². The number of thioether (sulfide) groups is 1. The van der Waals surface area contributed by atoms with E-state index in [1.807, 2.05) is 0 Å². The zero-order valence-corrected chi connectivity index (χ0v) is 16.4. The molecule has 0 aliphatic carbocycles. The Morgan fingerprint density at radius 1 is 1.17 bits per heavy atom. The highest BCUT2D eigenvalue weighted by Crippen LogP contribution is 2.35. The van der Waals surface area contributed by atoms with Crippen LogP contribution in [0.5, 0.6) is 11.5 Å². The van der Waals surface area contributed by atoms with E-state index in [0.717, 1.165) is 16.7 Å². The van der Waals surface area contributed by atoms with Crippen LogP contribution in [0.4, 0.5) is 16.2 Å². The quantitative estimate of drug-likeness (QED) is 0.414. The Balaban J connectivity index is 1.75. The van der Waals surface area contributed by atoms with Crippen molar-refractivity contribution in [3.05, 3.63) is 63.0 Å². The Hall–Kier alpha value is -3.53. The molecule has 10 heteroatoms. The highest BCUT2D eigenvalue weighted by atomic mass is 32.2. The lowest BCUT2D eigenvalue weighted by Gasteiger charge is -2.14. The molecule has 1 fully saturated rings. The SMILES string of the molecule is COc1ccc(C=C2SC(=O)N(CNc3cccc([N+](=O)[O-])c3)C2=O)c(OC)c1. The number of benzene rings is 2. The average molecular weight is 415 g/mol. The van der Waals surface area contributed by atoms with E-state index >= 15 is 0 Å². The van der Waals surface area contributed by atoms with Gasteiger partial charge in [-0.05, 0) is 36.0 Å². The van der Waals surface area contributed by atoms with Gasteiger partial charge < -0.3 is 14.8 Å². The number of imide groups is 1. The number of nitro groups is 1. The van der Waals surface area contributed by atoms with Crippen LogP contribution in [-0.2, 0) is 4.79 Å². The molecule has 2 aromatic carbocycles. The van der Waals surface area contributed by atoms with Crippen LogP contribution in [0.1, 0.15) is 5.56 Å². The number of rotatable bonds is 7. The minimum Gasteiger partial charge on any atom is -0.497 e. The predicted molar refractivity (Wildman–Crippen MR) is 109 cm³/mol. The first-order chi connectivity index (χ1) is 13.9. The molecule has 1 aliphatic rings. The Morgan fingerprint density at radius 3 is 2.66 bits per heavy atom. The lowest BCUT2D eigenvalue weighted by Crippen LogP contribution is -2.33. The van der Waals surface area contributed by atoms with Crippen LogP contribution in [0, 0.1) is 10.1 Å². The summed E-state index contributed by atoms with van der Waals surface area (Å²) in [6.07, 6.45) is 1.58. The predicted octanol–water partition coefficient (Wildman–Crippen LogP) is 3.72. The number of amides is 2. The third kappa shape index (κ3) is 4.49. The van der Waals surface area contributed by atoms with Crippen molar-refractivity contribution in [1.29, 1.82) is 0 Å². The minimum absolute atomic E-state index is 0.0874. The van der Waals surface area contributed by atoms with Gasteiger partial charge in [0.05, 0.1) is 30.7 Å². The van der Waals surface area contributed by atoms with Gasteiger partial charge in [0.15, 0.2) is 0 Å². The molecule has 9 nitrogen and oxygen atoms in total. The van der Waals surface area contributed by atoms with Crippen molar-refractivity contribution in [1.82, 2.24) is 4.90 Å². The van der Waals surface area contributed by atoms with E-state index in [9.17, 15) is 19.7 Å². The standard InChI is InChI=1S/C19H17N3O6S/c1-27-15-7-6-12(16(10-15)28-2)8-17-18(23)21(19(24)29-17)11-20-13-4-3-5-14(9-13)22(25)26/h3-10,20H,11H2,1-2H3. The van der Waals surface area contributed by atoms with E-state index in [2.05, 4.69) is 5.32 Å². The summed E-state index contributed by atoms with van der Waals surface area (Å²) in [5.74, 6) is 0.648. The van der Waals surface area contributed by atoms with Gasteiger partial charge in [-0.2, -0.15) is 0 Å². The molecule has 1 aliphatic heterocycles. The van der Waals surface area contributed by atoms with Crippen molar-refractivity contribution < 1.29 is 24.0 Å². The molecule has 0 spiro atoms. The van der Waals surface area contributed by atoms with Crippen molar-refractivity contribution >= 4 is 40.4 Å². The highest BCUT2D eigenvalue weighted by molar-refractivity contribution is 8.18. The Labute approximate surface area is 170 Å². The molecule has 0 saturated carbocycles. The molecule has 0 bridgehead atoms. The molecule has 1 heterocycles. The van der Waals surface area contributed by atoms with Crippen molar-refractivity contribution in [2.75, 3.05) is 26.2 Å². The van der Waals surface area contributed by atoms with Crippen molar-refractivity contribution in [3.8, 4) is 11.5 Å². The zero-order valence-electron chi connectivity index (χ0n) is 15.6. The first-order valence-corrected chi connectivity index (χ1v) is 9.20. The number of anilines is 1. The summed E-state index contributed by atoms with van der Waals surface area (Å²) in [6, 6.07) is 11.0. The summed E-state index contributed by atoms with van der Waals surface area (Å²) in [6.45, 7) is -0.108. The number of non-ortho nitro benzene ring substituents is 1. The lowest BCUT2D eigenvalue weighted by molar-refractivity contribution is -0.384. The summed E-state index contributed by atoms with van der Waals surface area (Å²) in [7, 11) is 3.04. The number of methoxy groups -OCH3 is 2. The second kappa shape index (κ2) is 8.65. The van der Waals surface area contributed by atoms with Crippen molar-refractivity contribution in [2.45, 2.75) is 0 Å². The lowest BCUT2D eigenvalue weighted by atomic mass is 10.1. The number of carbonyl (C=O) groups excluding carboxylic acids is 2. The number of nitrogens with zero attached hydrogens (tertiary/aromatic N) is 2. The van der Waals surface area contributed by atoms with E-state index in [1.165, 1.54) is 32.4 Å². The van der Waals surface area contributed by atoms with Crippen LogP contribution in [0.2, 0.25) is 0 Å². The van der Waals surface area contributed by atoms with Gasteiger partial charge in [-0.3, -0.25) is 24.6 Å². The largest absolute Gasteiger partial charge is 0.497 e. The molecule has 0 unspecified atom stereocenters. The number of hydrogen-bond donors (Lipinski definition) is 1. The normalized spacial score (nSPS) is 15.0. The Morgan fingerprint density at radius 2 is 1.97 bits per heavy atom. The molecule has 2 aromatic rings. The molecule has 2 amide bonds. The molecule has 150 valence electrons. The number of nitrogens with one attached hydrogen (secondary N) is 1. The summed E-state index contributed by atoms with van der Waals surface area (Å²) in [4.78, 5) is 36.5. The van der Waals surface area contributed by atoms with Crippen LogP contribution in [0.25, 0.3) is 6.08 Å². The molecular formula is C19H17N3O6S. The molecule has 1 N–H and O–H groups in total. The minimum atomic E-state index is -0.518. The van der Waals surface area contributed by atoms with Gasteiger partial charge in [-0.15, -0.1) is 0 Å². The van der Waals surface area contributed by atoms with Gasteiger partial charge in [0, 0.05) is 29.4 Å². The molecule has 29 heavy (non-hydrogen) atoms. The van der Waals surface area contributed by atoms with E-state index in [1.54, 1.807) is 30.3 Å². The number of ether oxygens (including phenoxy) is 2. The fraction of sp³-hybridized carbons (Fsp3) is 0.158. The topological polar surface area (TPSA) is 111 Å². The monoisotopic (exact) mass is 415 g/mol. The first kappa shape index (κ1) is 20.2. The zero-order chi connectivity index (χ0) is 21.0. The third-order valence-electron chi connectivity index (χ3n) is 4.10. The number of hydrogen-bond acceptors (Lipinski definition) is 8. The maximum Gasteiger partial charge on any atom is 0.295 e. The third-order valence-corrected chi connectivity index (χ3v) is 5.01. The molecule has 0 aromatic heterocycles. The van der Waals surface area contributed by atoms with Crippen LogP contribution in [0.15, 0.2) is 47.4 Å². The fourth-order valence-corrected chi connectivity index (χ4v) is 3.44. The summed E-state index contributed by atoms with van der Waals surface area (Å²) < 4.78 is 10.5. The maximum atomic E-state index is 12.6. The first-order valence-electron chi connectivity index (χ1n) is 8.38. The molecule has 1 saturated heterocycles. The van der Waals surface area contributed by atoms with Gasteiger partial charge in [-0.25, -0.2) is 0 Å². The van der Waals surface area contributed by atoms with Crippen LogP contribution >= 0.6 is 11.8 Å². The van der Waals surface area contributed by atoms with E-state index < -0.39 is 16.1 Å². The van der Waals surface area contributed by atoms with Gasteiger partial charge in [-0.1, -0.05) is 6.07 Å². The van der Waals surface area contributed by atoms with E-state index in [0.29, 0.717) is 22.7 Å². The maximum absolute atomic E-state index is 12.6. The highest BCUT2D eigenvalue weighted by Gasteiger charge is 2.35. The molecule has 3 rings (SSSR count). The summed E-state index contributed by atoms with van der Waals surface area (Å²) in [5.41, 5.74) is 0.972. The second-order valence-corrected chi connectivity index (χ2v) is 6.85. The van der Waals surface area contributed by atoms with Crippen LogP contribution < -0.4 is 14.8 Å². The van der Waals surface area contributed by atoms with Gasteiger partial charge in [0.25, 0.3) is 16.8 Å². The second-order valence-electron chi connectivity index (χ2n) is 5.86. The molecule has 0 radical (unpaired) electrons. The average Bonchev–Trinajstić information content (AvgIpc) is 2.99. The van der Waals surface area contributed by atoms with Crippen LogP contribution in [-0.4, -0.2) is 41.9 Å². The van der Waals surface area contributed by atoms with E-state index in [4.69, 9.17) is 9.47 Å². The van der Waals surface area contributed by atoms with Crippen molar-refractivity contribution in [2.24, 2.45) is 0 Å². The Kier molecular flexibility index (Phi) is 6.03. The van der Waals surface area contributed by atoms with E-state index in [-0.39, 0.29) is 17.3 Å². The smallest absolute Gasteiger partial charge is 0.295 e. The van der Waals surface area contributed by atoms with Crippen LogP contribution in [0.3, 0.4) is 0 Å². The summed E-state index contributed by atoms with van der Waals surface area (Å²) in [5, 5.41) is 13.3. The Bertz CT molecular complexity index is 1010. The number of carbonyl (C=O) groups is 2. The molecular weight excluding hydrogens is 398 g/mol. The summed E-state index contributed by atoms with van der Waals surface area (Å²) >= 11 is 0.812. The van der Waals surface area contributed by atoms with Gasteiger partial charge in [0.1, 0.15) is 11.5 Å².